The summed E-state index contributed by atoms with van der Waals surface area (Å²) in [7, 11) is 0. The van der Waals surface area contributed by atoms with Gasteiger partial charge in [-0.3, -0.25) is 5.43 Å². The van der Waals surface area contributed by atoms with Crippen molar-refractivity contribution in [3.05, 3.63) is 0 Å². The zero-order chi connectivity index (χ0) is 8.27. The third-order valence-corrected chi connectivity index (χ3v) is 1.20. The Morgan fingerprint density at radius 3 is 2.91 bits per heavy atom. The van der Waals surface area contributed by atoms with E-state index >= 15 is 0 Å². The van der Waals surface area contributed by atoms with E-state index in [1.807, 2.05) is 0 Å². The number of nitrogens with zero attached hydrogens (tertiary/aromatic N) is 4. The van der Waals surface area contributed by atoms with E-state index in [9.17, 15) is 0 Å². The molecule has 0 aromatic carbocycles. The van der Waals surface area contributed by atoms with Crippen molar-refractivity contribution in [1.29, 1.82) is 0 Å². The monoisotopic (exact) mass is 156 g/mol. The number of nitrogen functional groups attached to an aromatic ring is 1. The Morgan fingerprint density at radius 1 is 1.64 bits per heavy atom. The summed E-state index contributed by atoms with van der Waals surface area (Å²) in [5.74, 6) is 6.16. The first-order chi connectivity index (χ1) is 5.24. The third kappa shape index (κ3) is 1.87. The van der Waals surface area contributed by atoms with E-state index < -0.39 is 0 Å². The lowest BCUT2D eigenvalue weighted by Crippen LogP contribution is -2.16. The second kappa shape index (κ2) is 3.29. The minimum atomic E-state index is 0.499. The van der Waals surface area contributed by atoms with Gasteiger partial charge >= 0.3 is 0 Å². The summed E-state index contributed by atoms with van der Waals surface area (Å²) in [6.45, 7) is 4.94. The van der Waals surface area contributed by atoms with E-state index in [2.05, 4.69) is 34.8 Å². The number of hydrazine groups is 1. The molecule has 0 amide bonds. The SMILES string of the molecule is CC(C)Cn1nnnc1NN. The molecule has 1 aromatic heterocycles. The molecule has 6 nitrogen and oxygen atoms in total. The number of nitrogens with two attached hydrogens (primary N) is 1. The summed E-state index contributed by atoms with van der Waals surface area (Å²) in [6, 6.07) is 0. The zero-order valence-corrected chi connectivity index (χ0v) is 6.65. The minimum absolute atomic E-state index is 0.499. The minimum Gasteiger partial charge on any atom is -0.291 e. The predicted octanol–water partition coefficient (Wildman–Crippen LogP) is -0.385. The standard InChI is InChI=1S/C5H12N6/c1-4(2)3-11-5(7-6)8-9-10-11/h4H,3,6H2,1-2H3,(H,7,8,10). The van der Waals surface area contributed by atoms with Gasteiger partial charge in [0.1, 0.15) is 0 Å². The van der Waals surface area contributed by atoms with Crippen LogP contribution in [0, 0.1) is 5.92 Å². The lowest BCUT2D eigenvalue weighted by Gasteiger charge is -2.04. The molecule has 3 N–H and O–H groups in total. The molecule has 0 saturated carbocycles. The Bertz CT molecular complexity index is 217. The molecule has 62 valence electrons. The van der Waals surface area contributed by atoms with Gasteiger partial charge < -0.3 is 0 Å². The Morgan fingerprint density at radius 2 is 2.36 bits per heavy atom. The Labute approximate surface area is 64.7 Å². The van der Waals surface area contributed by atoms with Gasteiger partial charge in [-0.15, -0.1) is 0 Å². The fourth-order valence-electron chi connectivity index (χ4n) is 0.777. The number of hydrogen-bond donors (Lipinski definition) is 2. The van der Waals surface area contributed by atoms with Crippen LogP contribution in [0.15, 0.2) is 0 Å². The van der Waals surface area contributed by atoms with E-state index in [0.29, 0.717) is 11.9 Å². The molecule has 0 spiro atoms. The van der Waals surface area contributed by atoms with Gasteiger partial charge in [-0.05, 0) is 16.3 Å². The summed E-state index contributed by atoms with van der Waals surface area (Å²) >= 11 is 0. The Hall–Kier alpha value is -1.17. The molecule has 0 fully saturated rings. The van der Waals surface area contributed by atoms with Gasteiger partial charge in [0.15, 0.2) is 0 Å². The molecule has 0 aliphatic carbocycles. The van der Waals surface area contributed by atoms with E-state index in [-0.39, 0.29) is 0 Å². The van der Waals surface area contributed by atoms with Crippen LogP contribution in [-0.2, 0) is 6.54 Å². The highest BCUT2D eigenvalue weighted by Gasteiger charge is 2.04. The van der Waals surface area contributed by atoms with Crippen molar-refractivity contribution in [2.24, 2.45) is 11.8 Å². The summed E-state index contributed by atoms with van der Waals surface area (Å²) < 4.78 is 1.63. The highest BCUT2D eigenvalue weighted by Crippen LogP contribution is 2.01. The van der Waals surface area contributed by atoms with Crippen LogP contribution in [0.25, 0.3) is 0 Å². The van der Waals surface area contributed by atoms with Gasteiger partial charge in [0.05, 0.1) is 0 Å². The highest BCUT2D eigenvalue weighted by molar-refractivity contribution is 5.17. The predicted molar refractivity (Wildman–Crippen MR) is 40.5 cm³/mol. The molecule has 0 aliphatic rings. The van der Waals surface area contributed by atoms with E-state index in [0.717, 1.165) is 6.54 Å². The molecule has 0 atom stereocenters. The summed E-state index contributed by atoms with van der Waals surface area (Å²) in [4.78, 5) is 0. The molecular formula is C5H12N6. The summed E-state index contributed by atoms with van der Waals surface area (Å²) in [5, 5.41) is 10.9. The molecule has 0 radical (unpaired) electrons. The number of rotatable bonds is 3. The first-order valence-electron chi connectivity index (χ1n) is 3.47. The van der Waals surface area contributed by atoms with Crippen LogP contribution in [0.3, 0.4) is 0 Å². The van der Waals surface area contributed by atoms with Gasteiger partial charge in [-0.2, -0.15) is 0 Å². The fourth-order valence-corrected chi connectivity index (χ4v) is 0.777. The average Bonchev–Trinajstić information content (AvgIpc) is 2.34. The van der Waals surface area contributed by atoms with E-state index in [1.54, 1.807) is 4.68 Å². The smallest absolute Gasteiger partial charge is 0.257 e. The number of hydrogen-bond acceptors (Lipinski definition) is 5. The van der Waals surface area contributed by atoms with Gasteiger partial charge in [-0.25, -0.2) is 10.5 Å². The topological polar surface area (TPSA) is 81.7 Å². The van der Waals surface area contributed by atoms with Gasteiger partial charge in [0, 0.05) is 6.54 Å². The van der Waals surface area contributed by atoms with Crippen molar-refractivity contribution in [2.75, 3.05) is 5.43 Å². The van der Waals surface area contributed by atoms with Crippen LogP contribution in [-0.4, -0.2) is 20.2 Å². The molecule has 6 heteroatoms. The average molecular weight is 156 g/mol. The molecule has 0 bridgehead atoms. The maximum absolute atomic E-state index is 5.16. The third-order valence-electron chi connectivity index (χ3n) is 1.20. The molecule has 11 heavy (non-hydrogen) atoms. The van der Waals surface area contributed by atoms with Crippen molar-refractivity contribution in [1.82, 2.24) is 20.2 Å². The van der Waals surface area contributed by atoms with Crippen molar-refractivity contribution < 1.29 is 0 Å². The molecule has 0 saturated heterocycles. The molecule has 0 aliphatic heterocycles. The second-order valence-corrected chi connectivity index (χ2v) is 2.72. The number of nitrogens with one attached hydrogen (secondary N) is 1. The maximum Gasteiger partial charge on any atom is 0.257 e. The second-order valence-electron chi connectivity index (χ2n) is 2.72. The van der Waals surface area contributed by atoms with Gasteiger partial charge in [0.2, 0.25) is 0 Å². The highest BCUT2D eigenvalue weighted by atomic mass is 15.6. The van der Waals surface area contributed by atoms with E-state index in [4.69, 9.17) is 5.84 Å². The molecule has 1 aromatic rings. The van der Waals surface area contributed by atoms with Gasteiger partial charge in [-0.1, -0.05) is 18.9 Å². The summed E-state index contributed by atoms with van der Waals surface area (Å²) in [5.41, 5.74) is 2.41. The largest absolute Gasteiger partial charge is 0.291 e. The van der Waals surface area contributed by atoms with Crippen LogP contribution < -0.4 is 11.3 Å². The van der Waals surface area contributed by atoms with Crippen molar-refractivity contribution in [2.45, 2.75) is 20.4 Å². The molecule has 1 rings (SSSR count). The summed E-state index contributed by atoms with van der Waals surface area (Å²) in [6.07, 6.45) is 0. The van der Waals surface area contributed by atoms with Crippen LogP contribution >= 0.6 is 0 Å². The van der Waals surface area contributed by atoms with Gasteiger partial charge in [0.25, 0.3) is 5.95 Å². The van der Waals surface area contributed by atoms with Crippen molar-refractivity contribution >= 4 is 5.95 Å². The molecule has 1 heterocycles. The fraction of sp³-hybridized carbons (Fsp3) is 0.800. The Balaban J connectivity index is 2.68. The normalized spacial score (nSPS) is 10.5. The lowest BCUT2D eigenvalue weighted by molar-refractivity contribution is 0.475. The lowest BCUT2D eigenvalue weighted by atomic mass is 10.2. The van der Waals surface area contributed by atoms with Crippen molar-refractivity contribution in [3.63, 3.8) is 0 Å². The maximum atomic E-state index is 5.16. The van der Waals surface area contributed by atoms with Crippen LogP contribution in [0.2, 0.25) is 0 Å². The number of aromatic nitrogens is 4. The molecule has 0 unspecified atom stereocenters. The van der Waals surface area contributed by atoms with Crippen LogP contribution in [0.4, 0.5) is 5.95 Å². The van der Waals surface area contributed by atoms with Crippen molar-refractivity contribution in [3.8, 4) is 0 Å². The quantitative estimate of drug-likeness (QED) is 0.460. The number of tetrazole rings is 1. The number of anilines is 1. The van der Waals surface area contributed by atoms with Crippen LogP contribution in [0.1, 0.15) is 13.8 Å². The van der Waals surface area contributed by atoms with E-state index in [1.165, 1.54) is 0 Å². The first-order valence-corrected chi connectivity index (χ1v) is 3.47. The first kappa shape index (κ1) is 7.93. The molecular weight excluding hydrogens is 144 g/mol. The van der Waals surface area contributed by atoms with Crippen LogP contribution in [0.5, 0.6) is 0 Å². The Kier molecular flexibility index (Phi) is 2.37. The zero-order valence-electron chi connectivity index (χ0n) is 6.65.